The minimum absolute atomic E-state index is 0.552. The van der Waals surface area contributed by atoms with Gasteiger partial charge in [-0.3, -0.25) is 0 Å². The minimum Gasteiger partial charge on any atom is -0.456 e. The summed E-state index contributed by atoms with van der Waals surface area (Å²) in [6, 6.07) is 90.3. The molecule has 0 aliphatic heterocycles. The van der Waals surface area contributed by atoms with Gasteiger partial charge >= 0.3 is 0 Å². The van der Waals surface area contributed by atoms with E-state index >= 15 is 0 Å². The molecule has 2 heteroatoms. The van der Waals surface area contributed by atoms with E-state index in [0.29, 0.717) is 0 Å². The van der Waals surface area contributed by atoms with E-state index in [9.17, 15) is 0 Å². The molecule has 1 aromatic heterocycles. The van der Waals surface area contributed by atoms with Crippen LogP contribution >= 0.6 is 0 Å². The van der Waals surface area contributed by atoms with Crippen molar-refractivity contribution in [2.75, 3.05) is 4.90 Å². The van der Waals surface area contributed by atoms with Gasteiger partial charge in [-0.1, -0.05) is 218 Å². The summed E-state index contributed by atoms with van der Waals surface area (Å²) in [4.78, 5) is 2.53. The summed E-state index contributed by atoms with van der Waals surface area (Å²) in [6.07, 6.45) is 0. The number of hydrogen-bond donors (Lipinski definition) is 0. The van der Waals surface area contributed by atoms with E-state index in [1.165, 1.54) is 44.5 Å². The van der Waals surface area contributed by atoms with Gasteiger partial charge in [0.15, 0.2) is 0 Å². The lowest BCUT2D eigenvalue weighted by Gasteiger charge is -2.35. The topological polar surface area (TPSA) is 16.4 Å². The number of para-hydroxylation sites is 3. The third kappa shape index (κ3) is 5.80. The molecule has 0 amide bonds. The molecule has 1 heterocycles. The maximum absolute atomic E-state index is 6.50. The minimum atomic E-state index is -0.552. The first kappa shape index (κ1) is 36.6. The van der Waals surface area contributed by atoms with E-state index in [4.69, 9.17) is 4.42 Å². The lowest BCUT2D eigenvalue weighted by molar-refractivity contribution is 0.669. The van der Waals surface area contributed by atoms with Crippen LogP contribution in [-0.4, -0.2) is 0 Å². The van der Waals surface area contributed by atoms with Crippen molar-refractivity contribution < 1.29 is 4.42 Å². The van der Waals surface area contributed by atoms with Gasteiger partial charge in [0.05, 0.1) is 22.5 Å². The fourth-order valence-electron chi connectivity index (χ4n) is 10.3. The zero-order chi connectivity index (χ0) is 41.7. The molecule has 296 valence electrons. The quantitative estimate of drug-likeness (QED) is 0.152. The van der Waals surface area contributed by atoms with Crippen molar-refractivity contribution in [3.8, 4) is 44.5 Å². The predicted molar refractivity (Wildman–Crippen MR) is 262 cm³/mol. The Morgan fingerprint density at radius 1 is 0.302 bits per heavy atom. The van der Waals surface area contributed by atoms with E-state index in [1.807, 2.05) is 6.07 Å². The van der Waals surface area contributed by atoms with Crippen LogP contribution in [0, 0.1) is 0 Å². The summed E-state index contributed by atoms with van der Waals surface area (Å²) in [5.41, 5.74) is 18.9. The van der Waals surface area contributed by atoms with Gasteiger partial charge in [0.1, 0.15) is 11.2 Å². The second kappa shape index (κ2) is 15.1. The first-order chi connectivity index (χ1) is 31.3. The van der Waals surface area contributed by atoms with Crippen LogP contribution in [0.25, 0.3) is 66.4 Å². The molecule has 1 aliphatic rings. The van der Waals surface area contributed by atoms with Crippen LogP contribution in [0.1, 0.15) is 22.3 Å². The summed E-state index contributed by atoms with van der Waals surface area (Å²) in [5.74, 6) is 0. The monoisotopic (exact) mass is 803 g/mol. The summed E-state index contributed by atoms with van der Waals surface area (Å²) < 4.78 is 6.50. The van der Waals surface area contributed by atoms with Crippen molar-refractivity contribution in [1.29, 1.82) is 0 Å². The van der Waals surface area contributed by atoms with Crippen LogP contribution in [0.3, 0.4) is 0 Å². The smallest absolute Gasteiger partial charge is 0.136 e. The molecule has 0 saturated heterocycles. The Bertz CT molecular complexity index is 3400. The van der Waals surface area contributed by atoms with Crippen LogP contribution in [0.5, 0.6) is 0 Å². The molecule has 63 heavy (non-hydrogen) atoms. The maximum Gasteiger partial charge on any atom is 0.136 e. The zero-order valence-electron chi connectivity index (χ0n) is 34.5. The molecule has 0 radical (unpaired) electrons. The normalized spacial score (nSPS) is 12.6. The standard InChI is InChI=1S/C61H41NO/c1-4-20-42(21-5-1)43-38-40-44(41-39-43)47-26-11-15-33-54(47)62(55-34-16-12-27-48(55)49-30-18-37-58-59(49)51-29-13-17-36-57(51)63-58)56-35-19-32-53-60(56)50-28-10-14-31-52(50)61(53,45-22-6-2-7-23-45)46-24-8-3-9-25-46/h1-41H. The highest BCUT2D eigenvalue weighted by Crippen LogP contribution is 2.60. The van der Waals surface area contributed by atoms with Crippen molar-refractivity contribution >= 4 is 39.0 Å². The average molecular weight is 804 g/mol. The van der Waals surface area contributed by atoms with Gasteiger partial charge < -0.3 is 9.32 Å². The highest BCUT2D eigenvalue weighted by molar-refractivity contribution is 6.14. The lowest BCUT2D eigenvalue weighted by atomic mass is 9.68. The molecular formula is C61H41NO. The Labute approximate surface area is 367 Å². The van der Waals surface area contributed by atoms with E-state index in [2.05, 4.69) is 248 Å². The molecule has 11 aromatic rings. The molecule has 2 nitrogen and oxygen atoms in total. The van der Waals surface area contributed by atoms with E-state index < -0.39 is 5.41 Å². The number of furan rings is 1. The van der Waals surface area contributed by atoms with Crippen LogP contribution < -0.4 is 4.90 Å². The van der Waals surface area contributed by atoms with Crippen LogP contribution in [-0.2, 0) is 5.41 Å². The van der Waals surface area contributed by atoms with Crippen molar-refractivity contribution in [3.63, 3.8) is 0 Å². The second-order valence-electron chi connectivity index (χ2n) is 16.3. The zero-order valence-corrected chi connectivity index (χ0v) is 34.5. The largest absolute Gasteiger partial charge is 0.456 e. The van der Waals surface area contributed by atoms with Gasteiger partial charge in [-0.25, -0.2) is 0 Å². The summed E-state index contributed by atoms with van der Waals surface area (Å²) in [7, 11) is 0. The van der Waals surface area contributed by atoms with E-state index in [-0.39, 0.29) is 0 Å². The Kier molecular flexibility index (Phi) is 8.76. The Morgan fingerprint density at radius 2 is 0.778 bits per heavy atom. The fourth-order valence-corrected chi connectivity index (χ4v) is 10.3. The number of rotatable bonds is 8. The first-order valence-corrected chi connectivity index (χ1v) is 21.7. The van der Waals surface area contributed by atoms with Crippen molar-refractivity contribution in [2.45, 2.75) is 5.41 Å². The highest BCUT2D eigenvalue weighted by Gasteiger charge is 2.47. The Balaban J connectivity index is 1.17. The summed E-state index contributed by atoms with van der Waals surface area (Å²) in [5, 5.41) is 2.22. The van der Waals surface area contributed by atoms with Crippen LogP contribution in [0.2, 0.25) is 0 Å². The number of benzene rings is 10. The summed E-state index contributed by atoms with van der Waals surface area (Å²) in [6.45, 7) is 0. The molecule has 1 aliphatic carbocycles. The molecule has 0 atom stereocenters. The highest BCUT2D eigenvalue weighted by atomic mass is 16.3. The van der Waals surface area contributed by atoms with Gasteiger partial charge in [0, 0.05) is 27.5 Å². The van der Waals surface area contributed by atoms with Crippen LogP contribution in [0.15, 0.2) is 253 Å². The van der Waals surface area contributed by atoms with Crippen LogP contribution in [0.4, 0.5) is 17.1 Å². The summed E-state index contributed by atoms with van der Waals surface area (Å²) >= 11 is 0. The molecule has 12 rings (SSSR count). The first-order valence-electron chi connectivity index (χ1n) is 21.7. The van der Waals surface area contributed by atoms with Gasteiger partial charge in [-0.15, -0.1) is 0 Å². The van der Waals surface area contributed by atoms with Gasteiger partial charge in [0.2, 0.25) is 0 Å². The molecule has 0 spiro atoms. The number of fused-ring (bicyclic) bond motifs is 6. The third-order valence-corrected chi connectivity index (χ3v) is 13.0. The van der Waals surface area contributed by atoms with Crippen molar-refractivity contribution in [3.05, 3.63) is 271 Å². The van der Waals surface area contributed by atoms with Gasteiger partial charge in [-0.2, -0.15) is 0 Å². The molecule has 0 unspecified atom stereocenters. The molecule has 0 N–H and O–H groups in total. The molecule has 10 aromatic carbocycles. The molecular weight excluding hydrogens is 763 g/mol. The van der Waals surface area contributed by atoms with Gasteiger partial charge in [-0.05, 0) is 80.4 Å². The maximum atomic E-state index is 6.50. The third-order valence-electron chi connectivity index (χ3n) is 13.0. The second-order valence-corrected chi connectivity index (χ2v) is 16.3. The Morgan fingerprint density at radius 3 is 1.51 bits per heavy atom. The van der Waals surface area contributed by atoms with E-state index in [0.717, 1.165) is 61.3 Å². The van der Waals surface area contributed by atoms with Crippen molar-refractivity contribution in [2.24, 2.45) is 0 Å². The van der Waals surface area contributed by atoms with Crippen molar-refractivity contribution in [1.82, 2.24) is 0 Å². The Hall–Kier alpha value is -8.20. The molecule has 0 fully saturated rings. The number of anilines is 3. The molecule has 0 saturated carbocycles. The fraction of sp³-hybridized carbons (Fsp3) is 0.0164. The predicted octanol–water partition coefficient (Wildman–Crippen LogP) is 16.4. The van der Waals surface area contributed by atoms with Gasteiger partial charge in [0.25, 0.3) is 0 Å². The number of hydrogen-bond acceptors (Lipinski definition) is 2. The molecule has 0 bridgehead atoms. The average Bonchev–Trinajstić information content (AvgIpc) is 3.90. The SMILES string of the molecule is c1ccc(-c2ccc(-c3ccccc3N(c3ccccc3-c3cccc4oc5ccccc5c34)c3cccc4c3-c3ccccc3C4(c3ccccc3)c3ccccc3)cc2)cc1. The number of nitrogens with zero attached hydrogens (tertiary/aromatic N) is 1. The van der Waals surface area contributed by atoms with E-state index in [1.54, 1.807) is 0 Å². The lowest BCUT2D eigenvalue weighted by Crippen LogP contribution is -2.28.